The van der Waals surface area contributed by atoms with Gasteiger partial charge in [0.25, 0.3) is 5.91 Å². The molecule has 4 rings (SSSR count). The summed E-state index contributed by atoms with van der Waals surface area (Å²) in [6.45, 7) is 2.90. The highest BCUT2D eigenvalue weighted by molar-refractivity contribution is 7.98. The molecule has 32 heavy (non-hydrogen) atoms. The topological polar surface area (TPSA) is 32.8 Å². The summed E-state index contributed by atoms with van der Waals surface area (Å²) in [6.07, 6.45) is 0. The van der Waals surface area contributed by atoms with E-state index in [9.17, 15) is 4.79 Å². The Morgan fingerprint density at radius 2 is 1.69 bits per heavy atom. The van der Waals surface area contributed by atoms with Crippen molar-refractivity contribution in [2.75, 3.05) is 38.2 Å². The van der Waals surface area contributed by atoms with E-state index in [1.807, 2.05) is 65.6 Å². The molecule has 7 heteroatoms. The van der Waals surface area contributed by atoms with Gasteiger partial charge in [-0.3, -0.25) is 4.79 Å². The molecule has 0 spiro atoms. The average Bonchev–Trinajstić information content (AvgIpc) is 2.83. The number of piperazine rings is 1. The first-order chi connectivity index (χ1) is 15.5. The zero-order chi connectivity index (χ0) is 22.5. The van der Waals surface area contributed by atoms with Crippen molar-refractivity contribution >= 4 is 46.6 Å². The van der Waals surface area contributed by atoms with E-state index in [0.29, 0.717) is 24.4 Å². The molecule has 0 aromatic heterocycles. The normalized spacial score (nSPS) is 13.8. The van der Waals surface area contributed by atoms with Gasteiger partial charge in [0.1, 0.15) is 5.75 Å². The first-order valence-electron chi connectivity index (χ1n) is 10.4. The lowest BCUT2D eigenvalue weighted by Gasteiger charge is -2.36. The number of methoxy groups -OCH3 is 1. The second kappa shape index (κ2) is 10.5. The predicted octanol–water partition coefficient (Wildman–Crippen LogP) is 6.26. The minimum atomic E-state index is 0.0520. The third kappa shape index (κ3) is 5.52. The summed E-state index contributed by atoms with van der Waals surface area (Å²) in [6, 6.07) is 21.3. The first kappa shape index (κ1) is 22.8. The highest BCUT2D eigenvalue weighted by atomic mass is 35.5. The molecule has 0 radical (unpaired) electrons. The third-order valence-electron chi connectivity index (χ3n) is 5.48. The summed E-state index contributed by atoms with van der Waals surface area (Å²) in [4.78, 5) is 18.5. The van der Waals surface area contributed by atoms with Crippen LogP contribution in [0.2, 0.25) is 10.0 Å². The molecule has 0 atom stereocenters. The van der Waals surface area contributed by atoms with Gasteiger partial charge in [0.05, 0.1) is 7.11 Å². The van der Waals surface area contributed by atoms with Gasteiger partial charge in [-0.2, -0.15) is 0 Å². The number of halogens is 2. The van der Waals surface area contributed by atoms with Gasteiger partial charge in [0.2, 0.25) is 0 Å². The summed E-state index contributed by atoms with van der Waals surface area (Å²) < 4.78 is 5.53. The molecule has 1 fully saturated rings. The van der Waals surface area contributed by atoms with E-state index in [1.165, 1.54) is 0 Å². The maximum Gasteiger partial charge on any atom is 0.253 e. The molecule has 0 aliphatic carbocycles. The Bertz CT molecular complexity index is 1080. The van der Waals surface area contributed by atoms with Crippen LogP contribution in [-0.2, 0) is 5.75 Å². The predicted molar refractivity (Wildman–Crippen MR) is 134 cm³/mol. The van der Waals surface area contributed by atoms with Crippen LogP contribution in [0.15, 0.2) is 71.6 Å². The maximum absolute atomic E-state index is 13.2. The van der Waals surface area contributed by atoms with E-state index >= 15 is 0 Å². The van der Waals surface area contributed by atoms with Crippen LogP contribution in [0.5, 0.6) is 5.75 Å². The van der Waals surface area contributed by atoms with Crippen LogP contribution in [0.3, 0.4) is 0 Å². The van der Waals surface area contributed by atoms with Crippen molar-refractivity contribution in [1.82, 2.24) is 4.90 Å². The Hall–Kier alpha value is -2.34. The van der Waals surface area contributed by atoms with Crippen LogP contribution in [0, 0.1) is 0 Å². The minimum Gasteiger partial charge on any atom is -0.496 e. The van der Waals surface area contributed by atoms with Gasteiger partial charge < -0.3 is 14.5 Å². The summed E-state index contributed by atoms with van der Waals surface area (Å²) in [7, 11) is 1.66. The molecular formula is C25H24Cl2N2O2S. The second-order valence-electron chi connectivity index (χ2n) is 7.53. The molecule has 3 aromatic carbocycles. The monoisotopic (exact) mass is 486 g/mol. The van der Waals surface area contributed by atoms with Crippen molar-refractivity contribution in [3.8, 4) is 5.75 Å². The summed E-state index contributed by atoms with van der Waals surface area (Å²) in [5, 5.41) is 1.44. The molecule has 0 saturated carbocycles. The quantitative estimate of drug-likeness (QED) is 0.385. The van der Waals surface area contributed by atoms with Crippen LogP contribution in [0.4, 0.5) is 5.69 Å². The molecule has 1 amide bonds. The lowest BCUT2D eigenvalue weighted by Crippen LogP contribution is -2.48. The Kier molecular flexibility index (Phi) is 7.51. The number of rotatable bonds is 6. The zero-order valence-electron chi connectivity index (χ0n) is 17.8. The smallest absolute Gasteiger partial charge is 0.253 e. The van der Waals surface area contributed by atoms with Crippen molar-refractivity contribution in [2.45, 2.75) is 10.6 Å². The highest BCUT2D eigenvalue weighted by Crippen LogP contribution is 2.30. The molecule has 0 N–H and O–H groups in total. The number of nitrogens with zero attached hydrogens (tertiary/aromatic N) is 2. The van der Waals surface area contributed by atoms with Gasteiger partial charge >= 0.3 is 0 Å². The van der Waals surface area contributed by atoms with Gasteiger partial charge in [-0.1, -0.05) is 29.3 Å². The van der Waals surface area contributed by atoms with E-state index in [4.69, 9.17) is 27.9 Å². The lowest BCUT2D eigenvalue weighted by molar-refractivity contribution is 0.0746. The number of ether oxygens (including phenoxy) is 1. The zero-order valence-corrected chi connectivity index (χ0v) is 20.1. The summed E-state index contributed by atoms with van der Waals surface area (Å²) in [5.74, 6) is 1.54. The van der Waals surface area contributed by atoms with E-state index < -0.39 is 0 Å². The number of carbonyl (C=O) groups is 1. The van der Waals surface area contributed by atoms with Crippen molar-refractivity contribution in [1.29, 1.82) is 0 Å². The first-order valence-corrected chi connectivity index (χ1v) is 12.1. The summed E-state index contributed by atoms with van der Waals surface area (Å²) in [5.41, 5.74) is 2.78. The number of hydrogen-bond acceptors (Lipinski definition) is 4. The van der Waals surface area contributed by atoms with Crippen molar-refractivity contribution < 1.29 is 9.53 Å². The van der Waals surface area contributed by atoms with Crippen LogP contribution in [-0.4, -0.2) is 44.1 Å². The van der Waals surface area contributed by atoms with Gasteiger partial charge in [0.15, 0.2) is 0 Å². The Balaban J connectivity index is 1.42. The SMILES string of the molecule is COc1ccc(C(=O)N2CCN(c3cccc(Cl)c3)CC2)cc1CSc1ccc(Cl)cc1. The number of benzene rings is 3. The van der Waals surface area contributed by atoms with Crippen LogP contribution in [0.25, 0.3) is 0 Å². The maximum atomic E-state index is 13.2. The van der Waals surface area contributed by atoms with Crippen LogP contribution in [0.1, 0.15) is 15.9 Å². The Morgan fingerprint density at radius 3 is 2.38 bits per heavy atom. The standard InChI is InChI=1S/C25H24Cl2N2O2S/c1-31-24-10-5-18(15-19(24)17-32-23-8-6-20(26)7-9-23)25(30)29-13-11-28(12-14-29)22-4-2-3-21(27)16-22/h2-10,15-16H,11-14,17H2,1H3. The molecule has 1 aliphatic rings. The van der Waals surface area contributed by atoms with Crippen LogP contribution < -0.4 is 9.64 Å². The number of hydrogen-bond donors (Lipinski definition) is 0. The second-order valence-corrected chi connectivity index (χ2v) is 9.45. The highest BCUT2D eigenvalue weighted by Gasteiger charge is 2.23. The molecular weight excluding hydrogens is 463 g/mol. The van der Waals surface area contributed by atoms with E-state index in [1.54, 1.807) is 18.9 Å². The van der Waals surface area contributed by atoms with E-state index in [2.05, 4.69) is 11.0 Å². The fourth-order valence-electron chi connectivity index (χ4n) is 3.74. The molecule has 1 saturated heterocycles. The van der Waals surface area contributed by atoms with Crippen molar-refractivity contribution in [3.63, 3.8) is 0 Å². The molecule has 1 aliphatic heterocycles. The van der Waals surface area contributed by atoms with Crippen molar-refractivity contribution in [3.05, 3.63) is 87.9 Å². The molecule has 4 nitrogen and oxygen atoms in total. The summed E-state index contributed by atoms with van der Waals surface area (Å²) >= 11 is 13.8. The van der Waals surface area contributed by atoms with Gasteiger partial charge in [-0.05, 0) is 60.7 Å². The average molecular weight is 487 g/mol. The third-order valence-corrected chi connectivity index (χ3v) is 7.02. The lowest BCUT2D eigenvalue weighted by atomic mass is 10.1. The largest absolute Gasteiger partial charge is 0.496 e. The number of carbonyl (C=O) groups excluding carboxylic acids is 1. The Morgan fingerprint density at radius 1 is 0.938 bits per heavy atom. The van der Waals surface area contributed by atoms with Crippen LogP contribution >= 0.6 is 35.0 Å². The molecule has 0 unspecified atom stereocenters. The molecule has 0 bridgehead atoms. The van der Waals surface area contributed by atoms with Crippen molar-refractivity contribution in [2.24, 2.45) is 0 Å². The van der Waals surface area contributed by atoms with Gasteiger partial charge in [0, 0.05) is 63.7 Å². The van der Waals surface area contributed by atoms with E-state index in [-0.39, 0.29) is 5.91 Å². The van der Waals surface area contributed by atoms with E-state index in [0.717, 1.165) is 45.0 Å². The van der Waals surface area contributed by atoms with Gasteiger partial charge in [-0.25, -0.2) is 0 Å². The Labute approximate surface area is 203 Å². The minimum absolute atomic E-state index is 0.0520. The fraction of sp³-hybridized carbons (Fsp3) is 0.240. The number of amides is 1. The molecule has 3 aromatic rings. The number of thioether (sulfide) groups is 1. The van der Waals surface area contributed by atoms with Gasteiger partial charge in [-0.15, -0.1) is 11.8 Å². The fourth-order valence-corrected chi connectivity index (χ4v) is 4.93. The number of anilines is 1. The molecule has 1 heterocycles. The molecule has 166 valence electrons.